The van der Waals surface area contributed by atoms with E-state index < -0.39 is 0 Å². The Morgan fingerprint density at radius 3 is 3.18 bits per heavy atom. The second-order valence-corrected chi connectivity index (χ2v) is 4.10. The van der Waals surface area contributed by atoms with Gasteiger partial charge in [0.1, 0.15) is 0 Å². The minimum Gasteiger partial charge on any atom is -0.399 e. The molecule has 1 atom stereocenters. The Hall–Kier alpha value is -2.30. The maximum absolute atomic E-state index is 11.6. The third kappa shape index (κ3) is 1.65. The van der Waals surface area contributed by atoms with Crippen molar-refractivity contribution in [3.05, 3.63) is 42.2 Å². The monoisotopic (exact) mass is 228 g/mol. The van der Waals surface area contributed by atoms with Gasteiger partial charge in [-0.1, -0.05) is 12.1 Å². The number of carbonyl (C=O) groups is 1. The second-order valence-electron chi connectivity index (χ2n) is 4.10. The molecule has 1 unspecified atom stereocenters. The summed E-state index contributed by atoms with van der Waals surface area (Å²) in [5, 5.41) is 2.74. The van der Waals surface area contributed by atoms with E-state index in [4.69, 9.17) is 5.73 Å². The summed E-state index contributed by atoms with van der Waals surface area (Å²) in [6.45, 7) is 0. The first-order chi connectivity index (χ1) is 8.24. The van der Waals surface area contributed by atoms with E-state index in [0.717, 1.165) is 5.56 Å². The number of hydrogen-bond acceptors (Lipinski definition) is 3. The number of aromatic nitrogens is 2. The van der Waals surface area contributed by atoms with Gasteiger partial charge in [-0.2, -0.15) is 0 Å². The number of hydrogen-bond donors (Lipinski definition) is 2. The van der Waals surface area contributed by atoms with Crippen LogP contribution in [0.15, 0.2) is 36.7 Å². The number of imidazole rings is 1. The van der Waals surface area contributed by atoms with Crippen LogP contribution in [0.25, 0.3) is 0 Å². The first-order valence-corrected chi connectivity index (χ1v) is 5.42. The fourth-order valence-electron chi connectivity index (χ4n) is 2.16. The average Bonchev–Trinajstić information content (AvgIpc) is 2.75. The molecular weight excluding hydrogens is 216 g/mol. The first kappa shape index (κ1) is 9.89. The zero-order valence-electron chi connectivity index (χ0n) is 9.13. The predicted molar refractivity (Wildman–Crippen MR) is 64.5 cm³/mol. The lowest BCUT2D eigenvalue weighted by atomic mass is 10.0. The number of carbonyl (C=O) groups excluding carboxylic acids is 1. The lowest BCUT2D eigenvalue weighted by Crippen LogP contribution is -2.28. The third-order valence-electron chi connectivity index (χ3n) is 2.93. The molecule has 0 bridgehead atoms. The average molecular weight is 228 g/mol. The predicted octanol–water partition coefficient (Wildman–Crippen LogP) is 1.40. The van der Waals surface area contributed by atoms with E-state index in [2.05, 4.69) is 10.3 Å². The molecule has 1 amide bonds. The van der Waals surface area contributed by atoms with Crippen LogP contribution in [0, 0.1) is 0 Å². The van der Waals surface area contributed by atoms with Crippen molar-refractivity contribution in [2.45, 2.75) is 12.5 Å². The minimum atomic E-state index is -0.0234. The molecule has 3 rings (SSSR count). The Bertz CT molecular complexity index is 575. The Kier molecular flexibility index (Phi) is 2.11. The van der Waals surface area contributed by atoms with Crippen LogP contribution in [-0.4, -0.2) is 15.5 Å². The number of anilines is 2. The third-order valence-corrected chi connectivity index (χ3v) is 2.93. The molecule has 2 aromatic rings. The van der Waals surface area contributed by atoms with Gasteiger partial charge in [0.2, 0.25) is 11.9 Å². The van der Waals surface area contributed by atoms with E-state index in [1.807, 2.05) is 35.0 Å². The molecule has 1 aliphatic rings. The summed E-state index contributed by atoms with van der Waals surface area (Å²) < 4.78 is 1.95. The molecule has 5 nitrogen and oxygen atoms in total. The summed E-state index contributed by atoms with van der Waals surface area (Å²) in [6, 6.07) is 7.58. The molecule has 2 heterocycles. The maximum atomic E-state index is 11.6. The summed E-state index contributed by atoms with van der Waals surface area (Å²) in [5.74, 6) is 0.574. The maximum Gasteiger partial charge on any atom is 0.229 e. The Balaban J connectivity index is 2.08. The van der Waals surface area contributed by atoms with Gasteiger partial charge < -0.3 is 10.3 Å². The molecule has 0 radical (unpaired) electrons. The van der Waals surface area contributed by atoms with Gasteiger partial charge in [0.25, 0.3) is 0 Å². The fourth-order valence-corrected chi connectivity index (χ4v) is 2.16. The van der Waals surface area contributed by atoms with Crippen LogP contribution in [0.4, 0.5) is 11.6 Å². The quantitative estimate of drug-likeness (QED) is 0.724. The SMILES string of the molecule is Nc1cccc(C2CC(=O)Nc3nccn32)c1. The van der Waals surface area contributed by atoms with Crippen LogP contribution >= 0.6 is 0 Å². The van der Waals surface area contributed by atoms with Crippen molar-refractivity contribution in [1.82, 2.24) is 9.55 Å². The highest BCUT2D eigenvalue weighted by molar-refractivity contribution is 5.91. The molecule has 5 heteroatoms. The summed E-state index contributed by atoms with van der Waals surface area (Å²) in [5.41, 5.74) is 7.50. The molecular formula is C12H12N4O. The van der Waals surface area contributed by atoms with Crippen LogP contribution in [0.5, 0.6) is 0 Å². The molecule has 1 aromatic heterocycles. The number of nitrogen functional groups attached to an aromatic ring is 1. The molecule has 17 heavy (non-hydrogen) atoms. The number of nitrogens with one attached hydrogen (secondary N) is 1. The van der Waals surface area contributed by atoms with E-state index >= 15 is 0 Å². The van der Waals surface area contributed by atoms with Gasteiger partial charge in [0.05, 0.1) is 12.5 Å². The van der Waals surface area contributed by atoms with Gasteiger partial charge in [0.15, 0.2) is 0 Å². The molecule has 0 fully saturated rings. The van der Waals surface area contributed by atoms with Crippen molar-refractivity contribution in [1.29, 1.82) is 0 Å². The molecule has 1 aromatic carbocycles. The zero-order chi connectivity index (χ0) is 11.8. The smallest absolute Gasteiger partial charge is 0.229 e. The van der Waals surface area contributed by atoms with Gasteiger partial charge in [-0.25, -0.2) is 4.98 Å². The van der Waals surface area contributed by atoms with Crippen molar-refractivity contribution in [2.24, 2.45) is 0 Å². The van der Waals surface area contributed by atoms with E-state index in [1.54, 1.807) is 6.20 Å². The lowest BCUT2D eigenvalue weighted by Gasteiger charge is -2.25. The van der Waals surface area contributed by atoms with Crippen LogP contribution in [0.3, 0.4) is 0 Å². The molecule has 0 saturated heterocycles. The van der Waals surface area contributed by atoms with Gasteiger partial charge in [-0.3, -0.25) is 10.1 Å². The lowest BCUT2D eigenvalue weighted by molar-refractivity contribution is -0.117. The number of rotatable bonds is 1. The number of amides is 1. The minimum absolute atomic E-state index is 0.0175. The van der Waals surface area contributed by atoms with E-state index in [1.165, 1.54) is 0 Å². The topological polar surface area (TPSA) is 72.9 Å². The van der Waals surface area contributed by atoms with E-state index in [-0.39, 0.29) is 11.9 Å². The fraction of sp³-hybridized carbons (Fsp3) is 0.167. The number of nitrogens with zero attached hydrogens (tertiary/aromatic N) is 2. The largest absolute Gasteiger partial charge is 0.399 e. The molecule has 3 N–H and O–H groups in total. The molecule has 0 spiro atoms. The second kappa shape index (κ2) is 3.62. The van der Waals surface area contributed by atoms with Crippen molar-refractivity contribution >= 4 is 17.5 Å². The molecule has 86 valence electrons. The van der Waals surface area contributed by atoms with Crippen LogP contribution in [0.1, 0.15) is 18.0 Å². The normalized spacial score (nSPS) is 18.6. The first-order valence-electron chi connectivity index (χ1n) is 5.42. The highest BCUT2D eigenvalue weighted by atomic mass is 16.1. The van der Waals surface area contributed by atoms with Crippen molar-refractivity contribution in [2.75, 3.05) is 11.1 Å². The summed E-state index contributed by atoms with van der Waals surface area (Å²) in [4.78, 5) is 15.7. The van der Waals surface area contributed by atoms with Gasteiger partial charge >= 0.3 is 0 Å². The van der Waals surface area contributed by atoms with Gasteiger partial charge in [-0.15, -0.1) is 0 Å². The molecule has 1 aliphatic heterocycles. The Morgan fingerprint density at radius 2 is 2.35 bits per heavy atom. The summed E-state index contributed by atoms with van der Waals surface area (Å²) in [6.07, 6.45) is 3.95. The van der Waals surface area contributed by atoms with Crippen LogP contribution in [-0.2, 0) is 4.79 Å². The molecule has 0 aliphatic carbocycles. The van der Waals surface area contributed by atoms with Crippen molar-refractivity contribution in [3.8, 4) is 0 Å². The number of benzene rings is 1. The van der Waals surface area contributed by atoms with E-state index in [9.17, 15) is 4.79 Å². The molecule has 0 saturated carbocycles. The van der Waals surface area contributed by atoms with Gasteiger partial charge in [-0.05, 0) is 17.7 Å². The summed E-state index contributed by atoms with van der Waals surface area (Å²) >= 11 is 0. The highest BCUT2D eigenvalue weighted by Crippen LogP contribution is 2.30. The van der Waals surface area contributed by atoms with E-state index in [0.29, 0.717) is 18.1 Å². The Morgan fingerprint density at radius 1 is 1.47 bits per heavy atom. The van der Waals surface area contributed by atoms with Gasteiger partial charge in [0, 0.05) is 18.1 Å². The van der Waals surface area contributed by atoms with Crippen LogP contribution < -0.4 is 11.1 Å². The number of nitrogens with two attached hydrogens (primary N) is 1. The van der Waals surface area contributed by atoms with Crippen molar-refractivity contribution < 1.29 is 4.79 Å². The Labute approximate surface area is 98.3 Å². The standard InChI is InChI=1S/C12H12N4O/c13-9-3-1-2-8(6-9)10-7-11(17)15-12-14-4-5-16(10)12/h1-6,10H,7,13H2,(H,14,15,17). The number of fused-ring (bicyclic) bond motifs is 1. The van der Waals surface area contributed by atoms with Crippen LogP contribution in [0.2, 0.25) is 0 Å². The highest BCUT2D eigenvalue weighted by Gasteiger charge is 2.26. The van der Waals surface area contributed by atoms with Crippen molar-refractivity contribution in [3.63, 3.8) is 0 Å². The summed E-state index contributed by atoms with van der Waals surface area (Å²) in [7, 11) is 0. The zero-order valence-corrected chi connectivity index (χ0v) is 9.13.